The Hall–Kier alpha value is -2.45. The first-order chi connectivity index (χ1) is 13.7. The molecule has 0 spiro atoms. The zero-order valence-electron chi connectivity index (χ0n) is 15.6. The predicted octanol–water partition coefficient (Wildman–Crippen LogP) is 3.23. The normalized spacial score (nSPS) is 17.9. The van der Waals surface area contributed by atoms with Crippen molar-refractivity contribution in [3.63, 3.8) is 0 Å². The maximum atomic E-state index is 14.2. The number of nitrogens with zero attached hydrogens (tertiary/aromatic N) is 1. The Labute approximate surface area is 173 Å². The number of ether oxygens (including phenoxy) is 1. The van der Waals surface area contributed by atoms with E-state index in [1.54, 1.807) is 0 Å². The van der Waals surface area contributed by atoms with Crippen LogP contribution >= 0.6 is 11.6 Å². The number of carbonyl (C=O) groups excluding carboxylic acids is 2. The lowest BCUT2D eigenvalue weighted by Gasteiger charge is -2.23. The molecule has 1 unspecified atom stereocenters. The Kier molecular flexibility index (Phi) is 6.24. The van der Waals surface area contributed by atoms with Gasteiger partial charge >= 0.3 is 0 Å². The fraction of sp³-hybridized carbons (Fsp3) is 0.300. The van der Waals surface area contributed by atoms with E-state index >= 15 is 0 Å². The molecule has 0 radical (unpaired) electrons. The zero-order chi connectivity index (χ0) is 21.2. The van der Waals surface area contributed by atoms with Crippen LogP contribution in [0, 0.1) is 11.7 Å². The van der Waals surface area contributed by atoms with E-state index < -0.39 is 34.2 Å². The summed E-state index contributed by atoms with van der Waals surface area (Å²) in [5, 5.41) is 0.341. The molecule has 9 heteroatoms. The summed E-state index contributed by atoms with van der Waals surface area (Å²) in [5.41, 5.74) is 0.223. The predicted molar refractivity (Wildman–Crippen MR) is 105 cm³/mol. The Morgan fingerprint density at radius 3 is 2.52 bits per heavy atom. The highest BCUT2D eigenvalue weighted by atomic mass is 35.5. The highest BCUT2D eigenvalue weighted by Crippen LogP contribution is 2.28. The molecule has 1 heterocycles. The number of hydrogen-bond acceptors (Lipinski definition) is 5. The number of carbonyl (C=O) groups is 2. The van der Waals surface area contributed by atoms with Crippen LogP contribution in [-0.4, -0.2) is 38.1 Å². The summed E-state index contributed by atoms with van der Waals surface area (Å²) in [6, 6.07) is 9.47. The topological polar surface area (TPSA) is 80.8 Å². The molecule has 2 aromatic rings. The van der Waals surface area contributed by atoms with Crippen LogP contribution in [0.3, 0.4) is 0 Å². The standard InChI is InChI=1S/C20H19ClFNO5S/c1-28-17-6-9-19(22)14(11-17)10-13-2-5-16(24)12-23(20(13)25)29(26,27)18-7-3-15(21)4-8-18/h3-4,6-9,11,13H,2,5,10,12H2,1H3. The highest BCUT2D eigenvalue weighted by molar-refractivity contribution is 7.89. The Morgan fingerprint density at radius 2 is 1.86 bits per heavy atom. The second-order valence-corrected chi connectivity index (χ2v) is 9.04. The van der Waals surface area contributed by atoms with Crippen LogP contribution < -0.4 is 4.74 Å². The van der Waals surface area contributed by atoms with Gasteiger partial charge < -0.3 is 4.74 Å². The van der Waals surface area contributed by atoms with Crippen molar-refractivity contribution in [2.45, 2.75) is 24.2 Å². The summed E-state index contributed by atoms with van der Waals surface area (Å²) in [4.78, 5) is 25.1. The number of Topliss-reactive ketones (excluding diaryl/α,β-unsaturated/α-hetero) is 1. The van der Waals surface area contributed by atoms with E-state index in [0.29, 0.717) is 15.1 Å². The summed E-state index contributed by atoms with van der Waals surface area (Å²) in [6.07, 6.45) is 0.136. The molecule has 1 atom stereocenters. The van der Waals surface area contributed by atoms with Gasteiger partial charge in [0.05, 0.1) is 18.6 Å². The fourth-order valence-electron chi connectivity index (χ4n) is 3.21. The number of hydrogen-bond donors (Lipinski definition) is 0. The van der Waals surface area contributed by atoms with Crippen LogP contribution in [0.4, 0.5) is 4.39 Å². The van der Waals surface area contributed by atoms with Gasteiger partial charge in [-0.2, -0.15) is 0 Å². The summed E-state index contributed by atoms with van der Waals surface area (Å²) in [7, 11) is -2.81. The molecule has 1 aliphatic rings. The molecular weight excluding hydrogens is 421 g/mol. The number of amides is 1. The van der Waals surface area contributed by atoms with Gasteiger partial charge in [0.15, 0.2) is 5.78 Å². The van der Waals surface area contributed by atoms with Crippen LogP contribution in [0.2, 0.25) is 5.02 Å². The zero-order valence-corrected chi connectivity index (χ0v) is 17.2. The number of benzene rings is 2. The van der Waals surface area contributed by atoms with Crippen molar-refractivity contribution < 1.29 is 27.1 Å². The van der Waals surface area contributed by atoms with Gasteiger partial charge in [-0.25, -0.2) is 17.1 Å². The van der Waals surface area contributed by atoms with Crippen molar-refractivity contribution in [2.24, 2.45) is 5.92 Å². The van der Waals surface area contributed by atoms with E-state index in [1.165, 1.54) is 49.6 Å². The lowest BCUT2D eigenvalue weighted by molar-refractivity contribution is -0.131. The van der Waals surface area contributed by atoms with Crippen LogP contribution in [0.5, 0.6) is 5.75 Å². The number of sulfonamides is 1. The van der Waals surface area contributed by atoms with Crippen molar-refractivity contribution in [2.75, 3.05) is 13.7 Å². The van der Waals surface area contributed by atoms with E-state index in [0.717, 1.165) is 0 Å². The first-order valence-electron chi connectivity index (χ1n) is 8.88. The molecule has 0 saturated carbocycles. The van der Waals surface area contributed by atoms with Crippen molar-refractivity contribution >= 4 is 33.3 Å². The largest absolute Gasteiger partial charge is 0.497 e. The number of halogens is 2. The van der Waals surface area contributed by atoms with Gasteiger partial charge in [-0.3, -0.25) is 9.59 Å². The monoisotopic (exact) mass is 439 g/mol. The van der Waals surface area contributed by atoms with Gasteiger partial charge in [0, 0.05) is 17.4 Å². The number of methoxy groups -OCH3 is 1. The second-order valence-electron chi connectivity index (χ2n) is 6.74. The Balaban J connectivity index is 1.94. The lowest BCUT2D eigenvalue weighted by Crippen LogP contribution is -2.42. The molecule has 2 aromatic carbocycles. The molecule has 154 valence electrons. The molecule has 6 nitrogen and oxygen atoms in total. The molecule has 1 saturated heterocycles. The first kappa shape index (κ1) is 21.3. The van der Waals surface area contributed by atoms with Crippen molar-refractivity contribution in [3.05, 3.63) is 58.9 Å². The molecular formula is C20H19ClFNO5S. The third kappa shape index (κ3) is 4.59. The molecule has 1 fully saturated rings. The number of ketones is 1. The second kappa shape index (κ2) is 8.51. The van der Waals surface area contributed by atoms with Gasteiger partial charge in [-0.05, 0) is 60.9 Å². The third-order valence-corrected chi connectivity index (χ3v) is 6.82. The van der Waals surface area contributed by atoms with E-state index in [1.807, 2.05) is 0 Å². The number of rotatable bonds is 5. The van der Waals surface area contributed by atoms with E-state index in [2.05, 4.69) is 0 Å². The van der Waals surface area contributed by atoms with Crippen molar-refractivity contribution in [3.8, 4) is 5.75 Å². The fourth-order valence-corrected chi connectivity index (χ4v) is 4.77. The summed E-state index contributed by atoms with van der Waals surface area (Å²) < 4.78 is 45.9. The summed E-state index contributed by atoms with van der Waals surface area (Å²) >= 11 is 5.80. The average molecular weight is 440 g/mol. The van der Waals surface area contributed by atoms with Crippen LogP contribution in [0.1, 0.15) is 18.4 Å². The van der Waals surface area contributed by atoms with Gasteiger partial charge in [0.1, 0.15) is 11.6 Å². The van der Waals surface area contributed by atoms with Crippen molar-refractivity contribution in [1.82, 2.24) is 4.31 Å². The maximum absolute atomic E-state index is 14.2. The van der Waals surface area contributed by atoms with Crippen LogP contribution in [-0.2, 0) is 26.0 Å². The minimum atomic E-state index is -4.25. The third-order valence-electron chi connectivity index (χ3n) is 4.81. The molecule has 0 aromatic heterocycles. The highest BCUT2D eigenvalue weighted by Gasteiger charge is 2.38. The SMILES string of the molecule is COc1ccc(F)c(CC2CCC(=O)CN(S(=O)(=O)c3ccc(Cl)cc3)C2=O)c1. The molecule has 0 N–H and O–H groups in total. The molecule has 3 rings (SSSR count). The molecule has 0 bridgehead atoms. The molecule has 1 aliphatic heterocycles. The van der Waals surface area contributed by atoms with Gasteiger partial charge in [0.2, 0.25) is 5.91 Å². The summed E-state index contributed by atoms with van der Waals surface area (Å²) in [6.45, 7) is -0.541. The van der Waals surface area contributed by atoms with E-state index in [4.69, 9.17) is 16.3 Å². The van der Waals surface area contributed by atoms with Gasteiger partial charge in [0.25, 0.3) is 10.0 Å². The Morgan fingerprint density at radius 1 is 1.17 bits per heavy atom. The van der Waals surface area contributed by atoms with E-state index in [9.17, 15) is 22.4 Å². The summed E-state index contributed by atoms with van der Waals surface area (Å²) in [5.74, 6) is -2.06. The maximum Gasteiger partial charge on any atom is 0.266 e. The average Bonchev–Trinajstić information content (AvgIpc) is 2.83. The Bertz CT molecular complexity index is 1040. The molecule has 1 amide bonds. The van der Waals surface area contributed by atoms with Gasteiger partial charge in [-0.15, -0.1) is 0 Å². The smallest absolute Gasteiger partial charge is 0.266 e. The quantitative estimate of drug-likeness (QED) is 0.714. The lowest BCUT2D eigenvalue weighted by atomic mass is 9.94. The van der Waals surface area contributed by atoms with Gasteiger partial charge in [-0.1, -0.05) is 11.6 Å². The van der Waals surface area contributed by atoms with Crippen LogP contribution in [0.15, 0.2) is 47.4 Å². The minimum Gasteiger partial charge on any atom is -0.497 e. The molecule has 0 aliphatic carbocycles. The van der Waals surface area contributed by atoms with Crippen molar-refractivity contribution in [1.29, 1.82) is 0 Å². The minimum absolute atomic E-state index is 0.0363. The first-order valence-corrected chi connectivity index (χ1v) is 10.7. The molecule has 29 heavy (non-hydrogen) atoms. The van der Waals surface area contributed by atoms with E-state index in [-0.39, 0.29) is 35.5 Å². The van der Waals surface area contributed by atoms with Crippen LogP contribution in [0.25, 0.3) is 0 Å².